The van der Waals surface area contributed by atoms with Gasteiger partial charge in [0.2, 0.25) is 0 Å². The fourth-order valence-corrected chi connectivity index (χ4v) is 4.55. The van der Waals surface area contributed by atoms with Gasteiger partial charge in [0.05, 0.1) is 28.6 Å². The monoisotopic (exact) mass is 413 g/mol. The van der Waals surface area contributed by atoms with E-state index in [-0.39, 0.29) is 24.5 Å². The average molecular weight is 414 g/mol. The number of hydrogen-bond acceptors (Lipinski definition) is 4. The first kappa shape index (κ1) is 18.6. The van der Waals surface area contributed by atoms with E-state index in [9.17, 15) is 9.18 Å². The average Bonchev–Trinajstić information content (AvgIpc) is 2.79. The van der Waals surface area contributed by atoms with Crippen molar-refractivity contribution in [1.29, 1.82) is 0 Å². The fraction of sp³-hybridized carbons (Fsp3) is 0.632. The van der Waals surface area contributed by atoms with Crippen LogP contribution in [0.4, 0.5) is 10.1 Å². The minimum absolute atomic E-state index is 0.234. The van der Waals surface area contributed by atoms with Crippen molar-refractivity contribution in [3.8, 4) is 0 Å². The lowest BCUT2D eigenvalue weighted by atomic mass is 9.62. The second kappa shape index (κ2) is 5.68. The smallest absolute Gasteiger partial charge is 0.312 e. The van der Waals surface area contributed by atoms with Gasteiger partial charge >= 0.3 is 5.97 Å². The highest BCUT2D eigenvalue weighted by molar-refractivity contribution is 9.10. The molecular formula is C19H25BrFNO3. The highest BCUT2D eigenvalue weighted by atomic mass is 79.9. The van der Waals surface area contributed by atoms with Crippen molar-refractivity contribution in [2.24, 2.45) is 5.92 Å². The van der Waals surface area contributed by atoms with Gasteiger partial charge in [0.15, 0.2) is 0 Å². The van der Waals surface area contributed by atoms with E-state index in [1.54, 1.807) is 6.07 Å². The number of fused-ring (bicyclic) bond motifs is 3. The van der Waals surface area contributed by atoms with Gasteiger partial charge in [0.1, 0.15) is 11.4 Å². The van der Waals surface area contributed by atoms with E-state index in [1.807, 2.05) is 41.5 Å². The Balaban J connectivity index is 2.13. The molecular weight excluding hydrogens is 389 g/mol. The molecule has 0 aromatic heterocycles. The first-order valence-corrected chi connectivity index (χ1v) is 9.28. The van der Waals surface area contributed by atoms with E-state index in [2.05, 4.69) is 21.2 Å². The van der Waals surface area contributed by atoms with Gasteiger partial charge in [0.25, 0.3) is 0 Å². The van der Waals surface area contributed by atoms with Crippen LogP contribution in [0.1, 0.15) is 47.1 Å². The molecule has 0 amide bonds. The molecule has 1 fully saturated rings. The third kappa shape index (κ3) is 2.97. The summed E-state index contributed by atoms with van der Waals surface area (Å²) in [7, 11) is 0. The van der Waals surface area contributed by atoms with E-state index >= 15 is 0 Å². The Morgan fingerprint density at radius 2 is 2.00 bits per heavy atom. The largest absolute Gasteiger partial charge is 0.460 e. The summed E-state index contributed by atoms with van der Waals surface area (Å²) in [6.45, 7) is 11.9. The second-order valence-corrected chi connectivity index (χ2v) is 9.60. The molecule has 138 valence electrons. The Kier molecular flexibility index (Phi) is 4.24. The molecule has 0 spiro atoms. The molecule has 0 saturated carbocycles. The van der Waals surface area contributed by atoms with Crippen molar-refractivity contribution in [3.63, 3.8) is 0 Å². The summed E-state index contributed by atoms with van der Waals surface area (Å²) in [5, 5.41) is 3.37. The van der Waals surface area contributed by atoms with Gasteiger partial charge in [-0.25, -0.2) is 4.39 Å². The summed E-state index contributed by atoms with van der Waals surface area (Å²) in [5.41, 5.74) is -0.0522. The Morgan fingerprint density at radius 3 is 2.60 bits per heavy atom. The highest BCUT2D eigenvalue weighted by Crippen LogP contribution is 2.54. The van der Waals surface area contributed by atoms with Crippen LogP contribution in [0, 0.1) is 11.7 Å². The van der Waals surface area contributed by atoms with Crippen LogP contribution in [0.2, 0.25) is 0 Å². The predicted octanol–water partition coefficient (Wildman–Crippen LogP) is 4.41. The van der Waals surface area contributed by atoms with Gasteiger partial charge in [-0.05, 0) is 68.2 Å². The number of carbonyl (C=O) groups excluding carboxylic acids is 1. The summed E-state index contributed by atoms with van der Waals surface area (Å²) < 4.78 is 26.2. The van der Waals surface area contributed by atoms with Crippen LogP contribution < -0.4 is 5.32 Å². The molecule has 0 radical (unpaired) electrons. The third-order valence-corrected chi connectivity index (χ3v) is 5.75. The van der Waals surface area contributed by atoms with Crippen molar-refractivity contribution in [1.82, 2.24) is 0 Å². The van der Waals surface area contributed by atoms with Crippen molar-refractivity contribution >= 4 is 27.6 Å². The van der Waals surface area contributed by atoms with Crippen molar-refractivity contribution in [3.05, 3.63) is 28.0 Å². The maximum Gasteiger partial charge on any atom is 0.312 e. The normalized spacial score (nSPS) is 30.2. The van der Waals surface area contributed by atoms with Crippen LogP contribution in [-0.2, 0) is 19.7 Å². The Bertz CT molecular complexity index is 728. The van der Waals surface area contributed by atoms with Crippen LogP contribution in [0.25, 0.3) is 0 Å². The highest BCUT2D eigenvalue weighted by Gasteiger charge is 2.61. The zero-order valence-corrected chi connectivity index (χ0v) is 17.1. The molecule has 4 nitrogen and oxygen atoms in total. The van der Waals surface area contributed by atoms with E-state index in [0.29, 0.717) is 10.2 Å². The topological polar surface area (TPSA) is 47.6 Å². The van der Waals surface area contributed by atoms with E-state index < -0.39 is 22.5 Å². The molecule has 6 heteroatoms. The summed E-state index contributed by atoms with van der Waals surface area (Å²) in [6, 6.07) is 3.24. The van der Waals surface area contributed by atoms with Crippen molar-refractivity contribution in [2.45, 2.75) is 64.2 Å². The molecule has 25 heavy (non-hydrogen) atoms. The number of halogens is 2. The van der Waals surface area contributed by atoms with Gasteiger partial charge in [-0.1, -0.05) is 6.92 Å². The molecule has 0 bridgehead atoms. The van der Waals surface area contributed by atoms with Crippen LogP contribution in [-0.4, -0.2) is 29.8 Å². The lowest BCUT2D eigenvalue weighted by molar-refractivity contribution is -0.161. The lowest BCUT2D eigenvalue weighted by Gasteiger charge is -2.49. The first-order chi connectivity index (χ1) is 11.4. The summed E-state index contributed by atoms with van der Waals surface area (Å²) in [6.07, 6.45) is -0.234. The van der Waals surface area contributed by atoms with Crippen LogP contribution in [0.5, 0.6) is 0 Å². The summed E-state index contributed by atoms with van der Waals surface area (Å²) in [5.74, 6) is -1.06. The molecule has 3 atom stereocenters. The molecule has 1 N–H and O–H groups in total. The maximum atomic E-state index is 14.1. The van der Waals surface area contributed by atoms with Crippen LogP contribution >= 0.6 is 15.9 Å². The van der Waals surface area contributed by atoms with Gasteiger partial charge in [-0.15, -0.1) is 0 Å². The quantitative estimate of drug-likeness (QED) is 0.692. The second-order valence-electron chi connectivity index (χ2n) is 8.74. The minimum atomic E-state index is -0.608. The van der Waals surface area contributed by atoms with Gasteiger partial charge in [-0.2, -0.15) is 0 Å². The molecule has 1 aromatic carbocycles. The molecule has 3 unspecified atom stereocenters. The van der Waals surface area contributed by atoms with E-state index in [4.69, 9.17) is 9.47 Å². The third-order valence-electron chi connectivity index (χ3n) is 5.14. The zero-order valence-electron chi connectivity index (χ0n) is 15.5. The number of ether oxygens (including phenoxy) is 2. The van der Waals surface area contributed by atoms with E-state index in [0.717, 1.165) is 5.56 Å². The van der Waals surface area contributed by atoms with Gasteiger partial charge in [-0.3, -0.25) is 4.79 Å². The number of esters is 1. The van der Waals surface area contributed by atoms with Crippen molar-refractivity contribution < 1.29 is 18.7 Å². The number of benzene rings is 1. The number of carbonyl (C=O) groups is 1. The summed E-state index contributed by atoms with van der Waals surface area (Å²) in [4.78, 5) is 12.9. The van der Waals surface area contributed by atoms with Gasteiger partial charge < -0.3 is 14.8 Å². The zero-order chi connectivity index (χ0) is 18.8. The van der Waals surface area contributed by atoms with Crippen LogP contribution in [0.15, 0.2) is 16.6 Å². The first-order valence-electron chi connectivity index (χ1n) is 8.48. The molecule has 1 saturated heterocycles. The Hall–Kier alpha value is -1.14. The molecule has 3 rings (SSSR count). The number of anilines is 1. The minimum Gasteiger partial charge on any atom is -0.460 e. The lowest BCUT2D eigenvalue weighted by Crippen LogP contribution is -2.58. The molecule has 2 heterocycles. The summed E-state index contributed by atoms with van der Waals surface area (Å²) >= 11 is 3.27. The number of rotatable bonds is 1. The number of hydrogen-bond donors (Lipinski definition) is 1. The fourth-order valence-electron chi connectivity index (χ4n) is 4.20. The standard InChI is InChI=1S/C19H25BrFNO3/c1-17(2,3)25-15(23)11-9-24-16-18(4,5)22-14-8-13(21)12(20)7-10(14)19(11,16)6/h7-8,11,16,22H,9H2,1-6H3. The molecule has 2 aliphatic heterocycles. The molecule has 1 aromatic rings. The van der Waals surface area contributed by atoms with Gasteiger partial charge in [0, 0.05) is 11.1 Å². The predicted molar refractivity (Wildman–Crippen MR) is 98.2 cm³/mol. The van der Waals surface area contributed by atoms with Crippen molar-refractivity contribution in [2.75, 3.05) is 11.9 Å². The Labute approximate surface area is 156 Å². The van der Waals surface area contributed by atoms with E-state index in [1.165, 1.54) is 6.07 Å². The molecule has 0 aliphatic carbocycles. The molecule has 2 aliphatic rings. The Morgan fingerprint density at radius 1 is 1.36 bits per heavy atom. The number of nitrogens with one attached hydrogen (secondary N) is 1. The van der Waals surface area contributed by atoms with Crippen LogP contribution in [0.3, 0.4) is 0 Å². The maximum absolute atomic E-state index is 14.1. The SMILES string of the molecule is CC(C)(C)OC(=O)C1COC2C(C)(C)Nc3cc(F)c(Br)cc3C12C.